The summed E-state index contributed by atoms with van der Waals surface area (Å²) >= 11 is 0. The Morgan fingerprint density at radius 2 is 1.80 bits per heavy atom. The highest BCUT2D eigenvalue weighted by atomic mass is 16.5. The van der Waals surface area contributed by atoms with Crippen molar-refractivity contribution in [2.24, 2.45) is 5.73 Å². The van der Waals surface area contributed by atoms with Crippen LogP contribution >= 0.6 is 0 Å². The molecule has 1 aliphatic rings. The van der Waals surface area contributed by atoms with Gasteiger partial charge in [-0.05, 0) is 37.5 Å². The van der Waals surface area contributed by atoms with Crippen molar-refractivity contribution >= 4 is 0 Å². The van der Waals surface area contributed by atoms with E-state index >= 15 is 0 Å². The molecule has 82 valence electrons. The van der Waals surface area contributed by atoms with E-state index in [2.05, 4.69) is 0 Å². The summed E-state index contributed by atoms with van der Waals surface area (Å²) in [6.07, 6.45) is 1.23. The van der Waals surface area contributed by atoms with Crippen LogP contribution in [-0.4, -0.2) is 17.8 Å². The molecule has 15 heavy (non-hydrogen) atoms. The number of hydrogen-bond acceptors (Lipinski definition) is 3. The Hall–Kier alpha value is -1.06. The Labute approximate surface area is 89.9 Å². The first-order chi connectivity index (χ1) is 6.95. The second-order valence-corrected chi connectivity index (χ2v) is 4.74. The second-order valence-electron chi connectivity index (χ2n) is 4.74. The Morgan fingerprint density at radius 3 is 2.20 bits per heavy atom. The summed E-state index contributed by atoms with van der Waals surface area (Å²) in [6, 6.07) is 7.73. The molecular weight excluding hydrogens is 190 g/mol. The van der Waals surface area contributed by atoms with Gasteiger partial charge < -0.3 is 15.6 Å². The van der Waals surface area contributed by atoms with Crippen molar-refractivity contribution in [3.63, 3.8) is 0 Å². The third-order valence-corrected chi connectivity index (χ3v) is 3.06. The molecule has 1 aromatic carbocycles. The van der Waals surface area contributed by atoms with Crippen molar-refractivity contribution < 1.29 is 9.84 Å². The van der Waals surface area contributed by atoms with Crippen molar-refractivity contribution in [2.75, 3.05) is 7.11 Å². The van der Waals surface area contributed by atoms with E-state index in [9.17, 15) is 5.11 Å². The van der Waals surface area contributed by atoms with E-state index in [1.807, 2.05) is 31.2 Å². The molecule has 0 spiro atoms. The molecule has 3 heteroatoms. The van der Waals surface area contributed by atoms with Crippen LogP contribution in [0.2, 0.25) is 0 Å². The van der Waals surface area contributed by atoms with Crippen molar-refractivity contribution in [3.05, 3.63) is 29.8 Å². The summed E-state index contributed by atoms with van der Waals surface area (Å²) in [4.78, 5) is 0. The molecule has 1 saturated carbocycles. The minimum absolute atomic E-state index is 0.365. The van der Waals surface area contributed by atoms with Gasteiger partial charge in [0, 0.05) is 5.54 Å². The summed E-state index contributed by atoms with van der Waals surface area (Å²) in [5, 5.41) is 9.71. The number of methoxy groups -OCH3 is 1. The van der Waals surface area contributed by atoms with Gasteiger partial charge in [-0.1, -0.05) is 12.1 Å². The van der Waals surface area contributed by atoms with Gasteiger partial charge >= 0.3 is 0 Å². The van der Waals surface area contributed by atoms with Crippen LogP contribution < -0.4 is 10.5 Å². The van der Waals surface area contributed by atoms with Crippen LogP contribution in [0.4, 0.5) is 0 Å². The van der Waals surface area contributed by atoms with Crippen molar-refractivity contribution in [3.8, 4) is 5.75 Å². The van der Waals surface area contributed by atoms with Crippen LogP contribution in [0.1, 0.15) is 25.3 Å². The Balaban J connectivity index is 2.17. The average molecular weight is 207 g/mol. The van der Waals surface area contributed by atoms with E-state index in [4.69, 9.17) is 10.5 Å². The predicted molar refractivity (Wildman–Crippen MR) is 58.7 cm³/mol. The smallest absolute Gasteiger partial charge is 0.118 e. The highest BCUT2D eigenvalue weighted by Gasteiger charge is 2.49. The molecule has 3 nitrogen and oxygen atoms in total. The maximum atomic E-state index is 9.71. The van der Waals surface area contributed by atoms with E-state index in [-0.39, 0.29) is 5.54 Å². The van der Waals surface area contributed by atoms with Crippen LogP contribution in [0.15, 0.2) is 24.3 Å². The van der Waals surface area contributed by atoms with Gasteiger partial charge in [0.2, 0.25) is 0 Å². The van der Waals surface area contributed by atoms with Gasteiger partial charge in [-0.25, -0.2) is 0 Å². The van der Waals surface area contributed by atoms with E-state index in [0.29, 0.717) is 12.8 Å². The monoisotopic (exact) mass is 207 g/mol. The molecule has 0 unspecified atom stereocenters. The fourth-order valence-electron chi connectivity index (χ4n) is 2.43. The summed E-state index contributed by atoms with van der Waals surface area (Å²) in [7, 11) is 1.64. The van der Waals surface area contributed by atoms with Crippen LogP contribution in [-0.2, 0) is 5.54 Å². The molecule has 1 aromatic rings. The van der Waals surface area contributed by atoms with Crippen LogP contribution in [0, 0.1) is 0 Å². The summed E-state index contributed by atoms with van der Waals surface area (Å²) < 4.78 is 5.08. The molecule has 0 heterocycles. The number of ether oxygens (including phenoxy) is 1. The molecule has 0 radical (unpaired) electrons. The second kappa shape index (κ2) is 3.22. The van der Waals surface area contributed by atoms with Crippen molar-refractivity contribution in [2.45, 2.75) is 30.9 Å². The van der Waals surface area contributed by atoms with Crippen molar-refractivity contribution in [1.29, 1.82) is 0 Å². The SMILES string of the molecule is COc1ccc(C2(N)CC(C)(O)C2)cc1. The van der Waals surface area contributed by atoms with Gasteiger partial charge in [0.15, 0.2) is 0 Å². The summed E-state index contributed by atoms with van der Waals surface area (Å²) in [6.45, 7) is 1.82. The fourth-order valence-corrected chi connectivity index (χ4v) is 2.43. The lowest BCUT2D eigenvalue weighted by atomic mass is 9.63. The van der Waals surface area contributed by atoms with Gasteiger partial charge in [-0.3, -0.25) is 0 Å². The third-order valence-electron chi connectivity index (χ3n) is 3.06. The van der Waals surface area contributed by atoms with Gasteiger partial charge in [0.25, 0.3) is 0 Å². The molecule has 3 N–H and O–H groups in total. The van der Waals surface area contributed by atoms with E-state index in [1.54, 1.807) is 7.11 Å². The fraction of sp³-hybridized carbons (Fsp3) is 0.500. The molecule has 0 aromatic heterocycles. The van der Waals surface area contributed by atoms with E-state index < -0.39 is 5.60 Å². The molecule has 0 aliphatic heterocycles. The maximum absolute atomic E-state index is 9.71. The quantitative estimate of drug-likeness (QED) is 0.770. The molecule has 0 atom stereocenters. The Kier molecular flexibility index (Phi) is 2.24. The first-order valence-electron chi connectivity index (χ1n) is 5.11. The zero-order chi connectivity index (χ0) is 11.1. The normalized spacial score (nSPS) is 34.7. The highest BCUT2D eigenvalue weighted by Crippen LogP contribution is 2.46. The number of nitrogens with two attached hydrogens (primary N) is 1. The first kappa shape index (κ1) is 10.5. The maximum Gasteiger partial charge on any atom is 0.118 e. The minimum Gasteiger partial charge on any atom is -0.497 e. The van der Waals surface area contributed by atoms with E-state index in [1.165, 1.54) is 0 Å². The molecule has 0 bridgehead atoms. The molecule has 1 aliphatic carbocycles. The lowest BCUT2D eigenvalue weighted by Crippen LogP contribution is -2.58. The number of hydrogen-bond donors (Lipinski definition) is 2. The van der Waals surface area contributed by atoms with Gasteiger partial charge in [-0.15, -0.1) is 0 Å². The van der Waals surface area contributed by atoms with Crippen LogP contribution in [0.25, 0.3) is 0 Å². The zero-order valence-corrected chi connectivity index (χ0v) is 9.16. The van der Waals surface area contributed by atoms with Crippen LogP contribution in [0.3, 0.4) is 0 Å². The third kappa shape index (κ3) is 1.85. The zero-order valence-electron chi connectivity index (χ0n) is 9.16. The Morgan fingerprint density at radius 1 is 1.27 bits per heavy atom. The number of rotatable bonds is 2. The molecule has 0 amide bonds. The number of benzene rings is 1. The summed E-state index contributed by atoms with van der Waals surface area (Å²) in [5.41, 5.74) is 6.29. The summed E-state index contributed by atoms with van der Waals surface area (Å²) in [5.74, 6) is 0.827. The van der Waals surface area contributed by atoms with Gasteiger partial charge in [0.1, 0.15) is 5.75 Å². The largest absolute Gasteiger partial charge is 0.497 e. The van der Waals surface area contributed by atoms with Gasteiger partial charge in [0.05, 0.1) is 12.7 Å². The number of aliphatic hydroxyl groups is 1. The molecule has 2 rings (SSSR count). The van der Waals surface area contributed by atoms with Crippen LogP contribution in [0.5, 0.6) is 5.75 Å². The van der Waals surface area contributed by atoms with Gasteiger partial charge in [-0.2, -0.15) is 0 Å². The Bertz CT molecular complexity index is 348. The average Bonchev–Trinajstić information content (AvgIpc) is 2.15. The van der Waals surface area contributed by atoms with E-state index in [0.717, 1.165) is 11.3 Å². The molecule has 1 fully saturated rings. The predicted octanol–water partition coefficient (Wildman–Crippen LogP) is 1.39. The molecular formula is C12H17NO2. The minimum atomic E-state index is -0.603. The topological polar surface area (TPSA) is 55.5 Å². The lowest BCUT2D eigenvalue weighted by molar-refractivity contribution is -0.0738. The first-order valence-corrected chi connectivity index (χ1v) is 5.11. The molecule has 0 saturated heterocycles. The van der Waals surface area contributed by atoms with Crippen molar-refractivity contribution in [1.82, 2.24) is 0 Å². The highest BCUT2D eigenvalue weighted by molar-refractivity contribution is 5.34. The lowest BCUT2D eigenvalue weighted by Gasteiger charge is -2.49. The standard InChI is InChI=1S/C12H17NO2/c1-11(14)7-12(13,8-11)9-3-5-10(15-2)6-4-9/h3-6,14H,7-8,13H2,1-2H3.